The second-order valence-corrected chi connectivity index (χ2v) is 5.74. The number of ether oxygens (including phenoxy) is 4. The highest BCUT2D eigenvalue weighted by Crippen LogP contribution is 2.40. The van der Waals surface area contributed by atoms with Crippen LogP contribution < -0.4 is 19.5 Å². The Morgan fingerprint density at radius 2 is 1.93 bits per heavy atom. The van der Waals surface area contributed by atoms with Gasteiger partial charge in [0.2, 0.25) is 5.75 Å². The van der Waals surface area contributed by atoms with Crippen LogP contribution in [-0.2, 0) is 14.3 Å². The van der Waals surface area contributed by atoms with E-state index in [4.69, 9.17) is 18.9 Å². The first-order valence-corrected chi connectivity index (χ1v) is 8.43. The Hall–Kier alpha value is -3.55. The van der Waals surface area contributed by atoms with Crippen LogP contribution in [0.3, 0.4) is 0 Å². The number of methoxy groups -OCH3 is 1. The molecule has 28 heavy (non-hydrogen) atoms. The highest BCUT2D eigenvalue weighted by atomic mass is 19.1. The van der Waals surface area contributed by atoms with Crippen molar-refractivity contribution in [2.24, 2.45) is 0 Å². The van der Waals surface area contributed by atoms with Gasteiger partial charge in [-0.1, -0.05) is 0 Å². The number of hydrogen-bond donors (Lipinski definition) is 1. The number of carbonyl (C=O) groups excluding carboxylic acids is 2. The lowest BCUT2D eigenvalue weighted by atomic mass is 10.1. The average molecular weight is 387 g/mol. The average Bonchev–Trinajstić information content (AvgIpc) is 2.71. The van der Waals surface area contributed by atoms with Gasteiger partial charge in [0, 0.05) is 11.8 Å². The van der Waals surface area contributed by atoms with Gasteiger partial charge in [0.1, 0.15) is 19.0 Å². The SMILES string of the molecule is COc1cc(/C=C/C(=O)OCC(=O)Nc2ccc(F)cc2)cc2c1OCCO2. The first-order valence-electron chi connectivity index (χ1n) is 8.43. The number of fused-ring (bicyclic) bond motifs is 1. The van der Waals surface area contributed by atoms with E-state index < -0.39 is 24.3 Å². The lowest BCUT2D eigenvalue weighted by Crippen LogP contribution is -2.20. The monoisotopic (exact) mass is 387 g/mol. The molecule has 1 aliphatic rings. The van der Waals surface area contributed by atoms with E-state index in [1.54, 1.807) is 12.1 Å². The maximum Gasteiger partial charge on any atom is 0.331 e. The van der Waals surface area contributed by atoms with Crippen molar-refractivity contribution in [2.45, 2.75) is 0 Å². The van der Waals surface area contributed by atoms with Crippen molar-refractivity contribution in [1.29, 1.82) is 0 Å². The molecule has 0 bridgehead atoms. The van der Waals surface area contributed by atoms with Gasteiger partial charge in [-0.25, -0.2) is 9.18 Å². The largest absolute Gasteiger partial charge is 0.493 e. The minimum absolute atomic E-state index is 0.404. The lowest BCUT2D eigenvalue weighted by molar-refractivity contribution is -0.142. The van der Waals surface area contributed by atoms with Gasteiger partial charge in [-0.3, -0.25) is 4.79 Å². The van der Waals surface area contributed by atoms with E-state index in [9.17, 15) is 14.0 Å². The zero-order valence-corrected chi connectivity index (χ0v) is 15.1. The lowest BCUT2D eigenvalue weighted by Gasteiger charge is -2.20. The molecule has 0 aromatic heterocycles. The van der Waals surface area contributed by atoms with Crippen molar-refractivity contribution in [3.63, 3.8) is 0 Å². The van der Waals surface area contributed by atoms with Crippen LogP contribution in [-0.4, -0.2) is 38.8 Å². The van der Waals surface area contributed by atoms with Gasteiger partial charge in [-0.15, -0.1) is 0 Å². The Balaban J connectivity index is 1.55. The topological polar surface area (TPSA) is 83.1 Å². The maximum atomic E-state index is 12.8. The molecule has 0 aliphatic carbocycles. The second-order valence-electron chi connectivity index (χ2n) is 5.74. The number of benzene rings is 2. The smallest absolute Gasteiger partial charge is 0.331 e. The van der Waals surface area contributed by atoms with E-state index >= 15 is 0 Å². The number of esters is 1. The van der Waals surface area contributed by atoms with Crippen LogP contribution in [0.4, 0.5) is 10.1 Å². The molecular weight excluding hydrogens is 369 g/mol. The summed E-state index contributed by atoms with van der Waals surface area (Å²) in [5.41, 5.74) is 1.05. The van der Waals surface area contributed by atoms with Crippen molar-refractivity contribution in [2.75, 3.05) is 32.2 Å². The Morgan fingerprint density at radius 1 is 1.18 bits per heavy atom. The molecule has 0 radical (unpaired) electrons. The zero-order chi connectivity index (χ0) is 19.9. The maximum absolute atomic E-state index is 12.8. The molecule has 3 rings (SSSR count). The summed E-state index contributed by atoms with van der Waals surface area (Å²) >= 11 is 0. The molecule has 1 N–H and O–H groups in total. The van der Waals surface area contributed by atoms with Crippen LogP contribution in [0.25, 0.3) is 6.08 Å². The predicted octanol–water partition coefficient (Wildman–Crippen LogP) is 2.80. The van der Waals surface area contributed by atoms with E-state index in [1.807, 2.05) is 0 Å². The number of nitrogens with one attached hydrogen (secondary N) is 1. The molecule has 7 nitrogen and oxygen atoms in total. The van der Waals surface area contributed by atoms with Crippen LogP contribution in [0.15, 0.2) is 42.5 Å². The Kier molecular flexibility index (Phi) is 6.11. The first kappa shape index (κ1) is 19.2. The first-order chi connectivity index (χ1) is 13.5. The molecule has 0 unspecified atom stereocenters. The highest BCUT2D eigenvalue weighted by molar-refractivity contribution is 5.94. The molecule has 1 amide bonds. The number of hydrogen-bond acceptors (Lipinski definition) is 6. The third-order valence-electron chi connectivity index (χ3n) is 3.74. The van der Waals surface area contributed by atoms with Crippen LogP contribution >= 0.6 is 0 Å². The Labute approximate surface area is 160 Å². The van der Waals surface area contributed by atoms with E-state index in [0.29, 0.717) is 41.7 Å². The van der Waals surface area contributed by atoms with Crippen molar-refractivity contribution in [3.8, 4) is 17.2 Å². The third kappa shape index (κ3) is 5.00. The van der Waals surface area contributed by atoms with Gasteiger partial charge < -0.3 is 24.3 Å². The summed E-state index contributed by atoms with van der Waals surface area (Å²) in [4.78, 5) is 23.6. The molecule has 0 fully saturated rings. The molecule has 8 heteroatoms. The number of carbonyl (C=O) groups is 2. The Bertz CT molecular complexity index is 877. The fourth-order valence-corrected chi connectivity index (χ4v) is 2.47. The van der Waals surface area contributed by atoms with E-state index in [1.165, 1.54) is 43.5 Å². The van der Waals surface area contributed by atoms with Crippen molar-refractivity contribution in [3.05, 3.63) is 53.9 Å². The molecule has 0 spiro atoms. The summed E-state index contributed by atoms with van der Waals surface area (Å²) < 4.78 is 34.0. The van der Waals surface area contributed by atoms with Gasteiger partial charge in [0.05, 0.1) is 7.11 Å². The number of rotatable bonds is 6. The normalized spacial score (nSPS) is 12.5. The second kappa shape index (κ2) is 8.90. The van der Waals surface area contributed by atoms with Crippen molar-refractivity contribution < 1.29 is 32.9 Å². The highest BCUT2D eigenvalue weighted by Gasteiger charge is 2.17. The van der Waals surface area contributed by atoms with E-state index in [0.717, 1.165) is 0 Å². The predicted molar refractivity (Wildman–Crippen MR) is 99.0 cm³/mol. The molecule has 1 aliphatic heterocycles. The van der Waals surface area contributed by atoms with Crippen LogP contribution in [0.1, 0.15) is 5.56 Å². The quantitative estimate of drug-likeness (QED) is 0.606. The van der Waals surface area contributed by atoms with E-state index in [-0.39, 0.29) is 0 Å². The molecule has 1 heterocycles. The minimum Gasteiger partial charge on any atom is -0.493 e. The summed E-state index contributed by atoms with van der Waals surface area (Å²) in [5, 5.41) is 2.49. The van der Waals surface area contributed by atoms with Gasteiger partial charge in [-0.05, 0) is 48.0 Å². The van der Waals surface area contributed by atoms with Gasteiger partial charge in [-0.2, -0.15) is 0 Å². The summed E-state index contributed by atoms with van der Waals surface area (Å²) in [6.45, 7) is 0.393. The zero-order valence-electron chi connectivity index (χ0n) is 15.1. The molecule has 146 valence electrons. The third-order valence-corrected chi connectivity index (χ3v) is 3.74. The molecular formula is C20H18FNO6. The van der Waals surface area contributed by atoms with Crippen LogP contribution in [0, 0.1) is 5.82 Å². The summed E-state index contributed by atoms with van der Waals surface area (Å²) in [7, 11) is 1.51. The molecule has 2 aromatic carbocycles. The van der Waals surface area contributed by atoms with Gasteiger partial charge in [0.15, 0.2) is 18.1 Å². The van der Waals surface area contributed by atoms with Crippen molar-refractivity contribution in [1.82, 2.24) is 0 Å². The molecule has 0 saturated carbocycles. The number of anilines is 1. The Morgan fingerprint density at radius 3 is 2.68 bits per heavy atom. The fourth-order valence-electron chi connectivity index (χ4n) is 2.47. The van der Waals surface area contributed by atoms with Gasteiger partial charge >= 0.3 is 5.97 Å². The standard InChI is InChI=1S/C20H18FNO6/c1-25-16-10-13(11-17-20(16)27-9-8-26-17)2-7-19(24)28-12-18(23)22-15-5-3-14(21)4-6-15/h2-7,10-11H,8-9,12H2,1H3,(H,22,23)/b7-2+. The summed E-state index contributed by atoms with van der Waals surface area (Å²) in [6, 6.07) is 8.65. The molecule has 2 aromatic rings. The van der Waals surface area contributed by atoms with Gasteiger partial charge in [0.25, 0.3) is 5.91 Å². The number of amides is 1. The van der Waals surface area contributed by atoms with E-state index in [2.05, 4.69) is 5.32 Å². The van der Waals surface area contributed by atoms with Crippen LogP contribution in [0.5, 0.6) is 17.2 Å². The van der Waals surface area contributed by atoms with Crippen LogP contribution in [0.2, 0.25) is 0 Å². The fraction of sp³-hybridized carbons (Fsp3) is 0.200. The number of halogens is 1. The minimum atomic E-state index is -0.692. The van der Waals surface area contributed by atoms with Crippen molar-refractivity contribution >= 4 is 23.6 Å². The molecule has 0 saturated heterocycles. The summed E-state index contributed by atoms with van der Waals surface area (Å²) in [5.74, 6) is -0.102. The molecule has 0 atom stereocenters. The summed E-state index contributed by atoms with van der Waals surface area (Å²) in [6.07, 6.45) is 2.71.